The third kappa shape index (κ3) is 3.25. The first-order chi connectivity index (χ1) is 9.13. The van der Waals surface area contributed by atoms with Gasteiger partial charge in [0, 0.05) is 32.4 Å². The van der Waals surface area contributed by atoms with E-state index >= 15 is 0 Å². The van der Waals surface area contributed by atoms with Crippen LogP contribution in [-0.4, -0.2) is 43.1 Å². The molecule has 2 rings (SSSR count). The molecular formula is C13H19BrN4O. The lowest BCUT2D eigenvalue weighted by molar-refractivity contribution is -0.122. The van der Waals surface area contributed by atoms with Crippen LogP contribution >= 0.6 is 15.9 Å². The number of piperazine rings is 1. The van der Waals surface area contributed by atoms with E-state index in [0.29, 0.717) is 13.1 Å². The van der Waals surface area contributed by atoms with Crippen molar-refractivity contribution in [3.8, 4) is 0 Å². The summed E-state index contributed by atoms with van der Waals surface area (Å²) in [5.74, 6) is 0.882. The van der Waals surface area contributed by atoms with E-state index in [-0.39, 0.29) is 11.9 Å². The van der Waals surface area contributed by atoms with E-state index in [0.717, 1.165) is 28.9 Å². The number of halogens is 1. The molecule has 1 aliphatic heterocycles. The molecule has 1 saturated heterocycles. The number of nitrogens with zero attached hydrogens (tertiary/aromatic N) is 2. The van der Waals surface area contributed by atoms with Crippen molar-refractivity contribution < 1.29 is 4.79 Å². The predicted octanol–water partition coefficient (Wildman–Crippen LogP) is 1.07. The van der Waals surface area contributed by atoms with E-state index in [1.807, 2.05) is 26.1 Å². The number of hydrogen-bond acceptors (Lipinski definition) is 4. The molecule has 6 heteroatoms. The van der Waals surface area contributed by atoms with Crippen LogP contribution in [-0.2, 0) is 4.79 Å². The van der Waals surface area contributed by atoms with E-state index in [1.54, 1.807) is 0 Å². The van der Waals surface area contributed by atoms with E-state index in [2.05, 4.69) is 36.4 Å². The van der Waals surface area contributed by atoms with Crippen molar-refractivity contribution in [3.63, 3.8) is 0 Å². The number of pyridine rings is 1. The maximum atomic E-state index is 12.1. The predicted molar refractivity (Wildman–Crippen MR) is 79.4 cm³/mol. The van der Waals surface area contributed by atoms with Crippen LogP contribution < -0.4 is 15.5 Å². The Morgan fingerprint density at radius 3 is 3.16 bits per heavy atom. The first kappa shape index (κ1) is 14.3. The lowest BCUT2D eigenvalue weighted by Crippen LogP contribution is -2.58. The molecule has 0 spiro atoms. The Morgan fingerprint density at radius 2 is 2.47 bits per heavy atom. The zero-order valence-electron chi connectivity index (χ0n) is 11.2. The fourth-order valence-electron chi connectivity index (χ4n) is 2.22. The molecule has 0 aliphatic carbocycles. The van der Waals surface area contributed by atoms with Gasteiger partial charge in [-0.3, -0.25) is 4.79 Å². The summed E-state index contributed by atoms with van der Waals surface area (Å²) in [6, 6.07) is 1.82. The lowest BCUT2D eigenvalue weighted by Gasteiger charge is -2.36. The topological polar surface area (TPSA) is 57.3 Å². The van der Waals surface area contributed by atoms with Gasteiger partial charge < -0.3 is 15.5 Å². The molecule has 1 aromatic heterocycles. The van der Waals surface area contributed by atoms with Crippen LogP contribution in [0.1, 0.15) is 12.5 Å². The molecule has 1 amide bonds. The molecule has 0 saturated carbocycles. The standard InChI is InChI=1S/C13H19BrN4O/c1-3-16-13(19)11-8-15-4-5-18(11)12-10(14)6-9(2)7-17-12/h6-7,11,15H,3-5,8H2,1-2H3,(H,16,19). The highest BCUT2D eigenvalue weighted by atomic mass is 79.9. The Balaban J connectivity index is 2.26. The van der Waals surface area contributed by atoms with E-state index in [1.165, 1.54) is 0 Å². The van der Waals surface area contributed by atoms with E-state index < -0.39 is 0 Å². The molecule has 2 N–H and O–H groups in total. The quantitative estimate of drug-likeness (QED) is 0.872. The second kappa shape index (κ2) is 6.34. The summed E-state index contributed by atoms with van der Waals surface area (Å²) in [5.41, 5.74) is 1.10. The molecule has 1 aromatic rings. The molecule has 1 fully saturated rings. The molecule has 0 aromatic carbocycles. The summed E-state index contributed by atoms with van der Waals surface area (Å²) < 4.78 is 0.934. The smallest absolute Gasteiger partial charge is 0.244 e. The Morgan fingerprint density at radius 1 is 1.68 bits per heavy atom. The molecule has 19 heavy (non-hydrogen) atoms. The number of rotatable bonds is 3. The number of aryl methyl sites for hydroxylation is 1. The van der Waals surface area contributed by atoms with Crippen molar-refractivity contribution in [2.45, 2.75) is 19.9 Å². The number of likely N-dealkylation sites (N-methyl/N-ethyl adjacent to an activating group) is 1. The minimum atomic E-state index is -0.208. The van der Waals surface area contributed by atoms with Crippen LogP contribution in [0, 0.1) is 6.92 Å². The molecule has 2 heterocycles. The van der Waals surface area contributed by atoms with Crippen LogP contribution in [0.15, 0.2) is 16.7 Å². The van der Waals surface area contributed by atoms with Crippen LogP contribution in [0.4, 0.5) is 5.82 Å². The minimum Gasteiger partial charge on any atom is -0.355 e. The lowest BCUT2D eigenvalue weighted by atomic mass is 10.1. The van der Waals surface area contributed by atoms with Crippen molar-refractivity contribution >= 4 is 27.7 Å². The van der Waals surface area contributed by atoms with Gasteiger partial charge in [-0.15, -0.1) is 0 Å². The molecule has 1 aliphatic rings. The highest BCUT2D eigenvalue weighted by Crippen LogP contribution is 2.26. The maximum Gasteiger partial charge on any atom is 0.244 e. The van der Waals surface area contributed by atoms with Crippen LogP contribution in [0.3, 0.4) is 0 Å². The largest absolute Gasteiger partial charge is 0.355 e. The van der Waals surface area contributed by atoms with Gasteiger partial charge in [-0.25, -0.2) is 4.98 Å². The Hall–Kier alpha value is -1.14. The van der Waals surface area contributed by atoms with Crippen LogP contribution in [0.2, 0.25) is 0 Å². The summed E-state index contributed by atoms with van der Waals surface area (Å²) >= 11 is 3.54. The fraction of sp³-hybridized carbons (Fsp3) is 0.538. The monoisotopic (exact) mass is 326 g/mol. The van der Waals surface area contributed by atoms with Gasteiger partial charge in [-0.1, -0.05) is 0 Å². The summed E-state index contributed by atoms with van der Waals surface area (Å²) in [4.78, 5) is 18.7. The van der Waals surface area contributed by atoms with Gasteiger partial charge in [0.25, 0.3) is 0 Å². The molecular weight excluding hydrogens is 308 g/mol. The van der Waals surface area contributed by atoms with Crippen LogP contribution in [0.25, 0.3) is 0 Å². The number of anilines is 1. The average Bonchev–Trinajstić information content (AvgIpc) is 2.39. The van der Waals surface area contributed by atoms with Gasteiger partial charge in [-0.2, -0.15) is 0 Å². The first-order valence-electron chi connectivity index (χ1n) is 6.50. The van der Waals surface area contributed by atoms with Crippen molar-refractivity contribution in [2.75, 3.05) is 31.1 Å². The Kier molecular flexibility index (Phi) is 4.76. The molecule has 104 valence electrons. The summed E-state index contributed by atoms with van der Waals surface area (Å²) in [6.07, 6.45) is 1.83. The first-order valence-corrected chi connectivity index (χ1v) is 7.30. The van der Waals surface area contributed by atoms with Gasteiger partial charge in [-0.05, 0) is 41.4 Å². The SMILES string of the molecule is CCNC(=O)C1CNCCN1c1ncc(C)cc1Br. The number of nitrogens with one attached hydrogen (secondary N) is 2. The highest BCUT2D eigenvalue weighted by Gasteiger charge is 2.30. The third-order valence-electron chi connectivity index (χ3n) is 3.13. The number of hydrogen-bond donors (Lipinski definition) is 2. The second-order valence-electron chi connectivity index (χ2n) is 4.63. The van der Waals surface area contributed by atoms with Crippen molar-refractivity contribution in [1.29, 1.82) is 0 Å². The van der Waals surface area contributed by atoms with E-state index in [4.69, 9.17) is 0 Å². The molecule has 1 atom stereocenters. The fourth-order valence-corrected chi connectivity index (χ4v) is 2.91. The zero-order chi connectivity index (χ0) is 13.8. The van der Waals surface area contributed by atoms with Crippen LogP contribution in [0.5, 0.6) is 0 Å². The Labute approximate surface area is 121 Å². The number of amides is 1. The van der Waals surface area contributed by atoms with Crippen molar-refractivity contribution in [2.24, 2.45) is 0 Å². The molecule has 0 bridgehead atoms. The average molecular weight is 327 g/mol. The molecule has 1 unspecified atom stereocenters. The summed E-state index contributed by atoms with van der Waals surface area (Å²) in [5, 5.41) is 6.14. The number of carbonyl (C=O) groups excluding carboxylic acids is 1. The van der Waals surface area contributed by atoms with Crippen molar-refractivity contribution in [3.05, 3.63) is 22.3 Å². The van der Waals surface area contributed by atoms with E-state index in [9.17, 15) is 4.79 Å². The maximum absolute atomic E-state index is 12.1. The van der Waals surface area contributed by atoms with Gasteiger partial charge >= 0.3 is 0 Å². The number of aromatic nitrogens is 1. The highest BCUT2D eigenvalue weighted by molar-refractivity contribution is 9.10. The number of carbonyl (C=O) groups is 1. The van der Waals surface area contributed by atoms with Gasteiger partial charge in [0.15, 0.2) is 0 Å². The molecule has 5 nitrogen and oxygen atoms in total. The summed E-state index contributed by atoms with van der Waals surface area (Å²) in [6.45, 7) is 6.85. The van der Waals surface area contributed by atoms with Gasteiger partial charge in [0.1, 0.15) is 11.9 Å². The second-order valence-corrected chi connectivity index (χ2v) is 5.48. The van der Waals surface area contributed by atoms with Gasteiger partial charge in [0.05, 0.1) is 4.47 Å². The zero-order valence-corrected chi connectivity index (χ0v) is 12.8. The normalized spacial score (nSPS) is 19.3. The summed E-state index contributed by atoms with van der Waals surface area (Å²) in [7, 11) is 0. The Bertz CT molecular complexity index is 466. The minimum absolute atomic E-state index is 0.0453. The van der Waals surface area contributed by atoms with Crippen molar-refractivity contribution in [1.82, 2.24) is 15.6 Å². The van der Waals surface area contributed by atoms with Gasteiger partial charge in [0.2, 0.25) is 5.91 Å². The third-order valence-corrected chi connectivity index (χ3v) is 3.71. The molecule has 0 radical (unpaired) electrons.